The Morgan fingerprint density at radius 1 is 1.43 bits per heavy atom. The molecule has 1 aromatic carbocycles. The van der Waals surface area contributed by atoms with Crippen LogP contribution in [-0.4, -0.2) is 15.0 Å². The second-order valence-electron chi connectivity index (χ2n) is 4.82. The normalized spacial score (nSPS) is 10.4. The number of hydrogen-bond acceptors (Lipinski definition) is 6. The first kappa shape index (κ1) is 15.5. The molecule has 0 aliphatic rings. The van der Waals surface area contributed by atoms with Crippen LogP contribution < -0.4 is 5.56 Å². The van der Waals surface area contributed by atoms with Gasteiger partial charge in [-0.05, 0) is 12.5 Å². The fourth-order valence-corrected chi connectivity index (χ4v) is 3.51. The number of nitriles is 1. The number of aromatic nitrogens is 3. The highest BCUT2D eigenvalue weighted by molar-refractivity contribution is 7.98. The van der Waals surface area contributed by atoms with E-state index in [0.29, 0.717) is 21.6 Å². The quantitative estimate of drug-likeness (QED) is 0.581. The first-order valence-corrected chi connectivity index (χ1v) is 8.66. The Hall–Kier alpha value is -2.43. The average Bonchev–Trinajstić information content (AvgIpc) is 3.07. The van der Waals surface area contributed by atoms with E-state index < -0.39 is 5.56 Å². The van der Waals surface area contributed by atoms with Crippen LogP contribution in [0.3, 0.4) is 0 Å². The third-order valence-corrected chi connectivity index (χ3v) is 4.83. The van der Waals surface area contributed by atoms with Crippen molar-refractivity contribution in [2.75, 3.05) is 0 Å². The summed E-state index contributed by atoms with van der Waals surface area (Å²) in [5, 5.41) is 12.0. The molecule has 1 N–H and O–H groups in total. The zero-order valence-electron chi connectivity index (χ0n) is 12.2. The van der Waals surface area contributed by atoms with Crippen molar-refractivity contribution in [3.8, 4) is 16.8 Å². The van der Waals surface area contributed by atoms with Crippen LogP contribution in [0.2, 0.25) is 0 Å². The maximum absolute atomic E-state index is 12.1. The number of aromatic amines is 1. The topological polar surface area (TPSA) is 82.4 Å². The van der Waals surface area contributed by atoms with Crippen LogP contribution in [0.15, 0.2) is 45.8 Å². The van der Waals surface area contributed by atoms with Crippen LogP contribution in [0.25, 0.3) is 10.7 Å². The molecule has 3 aromatic rings. The van der Waals surface area contributed by atoms with Gasteiger partial charge >= 0.3 is 0 Å². The molecule has 0 amide bonds. The predicted octanol–water partition coefficient (Wildman–Crippen LogP) is 3.37. The molecule has 2 aromatic heterocycles. The summed E-state index contributed by atoms with van der Waals surface area (Å²) in [4.78, 5) is 23.3. The first-order valence-electron chi connectivity index (χ1n) is 6.80. The van der Waals surface area contributed by atoms with Gasteiger partial charge in [0.05, 0.1) is 0 Å². The van der Waals surface area contributed by atoms with E-state index in [4.69, 9.17) is 0 Å². The Morgan fingerprint density at radius 2 is 2.30 bits per heavy atom. The number of thioether (sulfide) groups is 1. The Balaban J connectivity index is 1.92. The summed E-state index contributed by atoms with van der Waals surface area (Å²) in [6, 6.07) is 10.1. The highest BCUT2D eigenvalue weighted by Crippen LogP contribution is 2.25. The number of H-pyrrole nitrogens is 1. The molecular formula is C16H12N4OS2. The van der Waals surface area contributed by atoms with Gasteiger partial charge in [-0.15, -0.1) is 11.3 Å². The first-order chi connectivity index (χ1) is 11.2. The zero-order chi connectivity index (χ0) is 16.2. The predicted molar refractivity (Wildman–Crippen MR) is 91.4 cm³/mol. The number of rotatable bonds is 4. The van der Waals surface area contributed by atoms with Crippen molar-refractivity contribution < 1.29 is 0 Å². The van der Waals surface area contributed by atoms with Gasteiger partial charge in [-0.25, -0.2) is 9.97 Å². The van der Waals surface area contributed by atoms with Gasteiger partial charge in [0.2, 0.25) is 0 Å². The van der Waals surface area contributed by atoms with E-state index in [2.05, 4.69) is 21.0 Å². The summed E-state index contributed by atoms with van der Waals surface area (Å²) in [6.45, 7) is 2.04. The Bertz CT molecular complexity index is 926. The van der Waals surface area contributed by atoms with Crippen LogP contribution in [0.1, 0.15) is 16.7 Å². The molecule has 114 valence electrons. The minimum atomic E-state index is -0.431. The van der Waals surface area contributed by atoms with Gasteiger partial charge in [-0.2, -0.15) is 5.26 Å². The molecule has 3 rings (SSSR count). The van der Waals surface area contributed by atoms with E-state index in [9.17, 15) is 10.1 Å². The summed E-state index contributed by atoms with van der Waals surface area (Å²) in [7, 11) is 0. The summed E-state index contributed by atoms with van der Waals surface area (Å²) in [6.07, 6.45) is 1.63. The Labute approximate surface area is 141 Å². The number of nitrogens with zero attached hydrogens (tertiary/aromatic N) is 3. The van der Waals surface area contributed by atoms with Gasteiger partial charge in [0.25, 0.3) is 5.56 Å². The highest BCUT2D eigenvalue weighted by Gasteiger charge is 2.15. The number of nitrogens with one attached hydrogen (secondary N) is 1. The van der Waals surface area contributed by atoms with Gasteiger partial charge < -0.3 is 4.98 Å². The van der Waals surface area contributed by atoms with Crippen molar-refractivity contribution >= 4 is 23.1 Å². The lowest BCUT2D eigenvalue weighted by Crippen LogP contribution is -2.14. The van der Waals surface area contributed by atoms with Crippen molar-refractivity contribution in [2.45, 2.75) is 17.8 Å². The Kier molecular flexibility index (Phi) is 4.55. The van der Waals surface area contributed by atoms with Crippen LogP contribution in [0.4, 0.5) is 0 Å². The van der Waals surface area contributed by atoms with E-state index in [0.717, 1.165) is 5.56 Å². The second-order valence-corrected chi connectivity index (χ2v) is 6.68. The van der Waals surface area contributed by atoms with Gasteiger partial charge in [0.15, 0.2) is 5.16 Å². The van der Waals surface area contributed by atoms with Crippen molar-refractivity contribution in [3.05, 3.63) is 62.9 Å². The smallest absolute Gasteiger partial charge is 0.270 e. The third kappa shape index (κ3) is 3.50. The van der Waals surface area contributed by atoms with E-state index in [-0.39, 0.29) is 5.56 Å². The molecule has 0 radical (unpaired) electrons. The maximum atomic E-state index is 12.1. The van der Waals surface area contributed by atoms with Crippen molar-refractivity contribution in [1.82, 2.24) is 15.0 Å². The number of benzene rings is 1. The van der Waals surface area contributed by atoms with Gasteiger partial charge in [0, 0.05) is 17.3 Å². The summed E-state index contributed by atoms with van der Waals surface area (Å²) >= 11 is 2.78. The molecule has 0 saturated heterocycles. The van der Waals surface area contributed by atoms with Crippen LogP contribution in [0.5, 0.6) is 0 Å². The molecule has 0 saturated carbocycles. The molecule has 0 aliphatic heterocycles. The summed E-state index contributed by atoms with van der Waals surface area (Å²) in [5.41, 5.74) is 2.25. The molecule has 5 nitrogen and oxygen atoms in total. The van der Waals surface area contributed by atoms with E-state index >= 15 is 0 Å². The lowest BCUT2D eigenvalue weighted by Gasteiger charge is -2.05. The van der Waals surface area contributed by atoms with Gasteiger partial charge in [-0.1, -0.05) is 41.6 Å². The van der Waals surface area contributed by atoms with Gasteiger partial charge in [-0.3, -0.25) is 4.79 Å². The van der Waals surface area contributed by atoms with Crippen LogP contribution >= 0.6 is 23.1 Å². The number of aryl methyl sites for hydroxylation is 1. The highest BCUT2D eigenvalue weighted by atomic mass is 32.2. The molecule has 0 aliphatic carbocycles. The van der Waals surface area contributed by atoms with Crippen molar-refractivity contribution in [3.63, 3.8) is 0 Å². The van der Waals surface area contributed by atoms with E-state index in [1.54, 1.807) is 11.6 Å². The molecule has 0 unspecified atom stereocenters. The van der Waals surface area contributed by atoms with Crippen LogP contribution in [0, 0.1) is 18.3 Å². The lowest BCUT2D eigenvalue weighted by molar-refractivity contribution is 0.933. The fraction of sp³-hybridized carbons (Fsp3) is 0.125. The molecule has 2 heterocycles. The summed E-state index contributed by atoms with van der Waals surface area (Å²) in [5.74, 6) is 0.688. The lowest BCUT2D eigenvalue weighted by atomic mass is 10.2. The summed E-state index contributed by atoms with van der Waals surface area (Å²) < 4.78 is 0. The molecule has 0 atom stereocenters. The molecular weight excluding hydrogens is 328 g/mol. The molecule has 0 fully saturated rings. The largest absolute Gasteiger partial charge is 0.300 e. The maximum Gasteiger partial charge on any atom is 0.270 e. The third-order valence-electron chi connectivity index (χ3n) is 3.10. The number of thiazole rings is 1. The standard InChI is InChI=1S/C16H12N4OS2/c1-10-3-2-4-11(7-10)9-23-16-19-13(15-18-5-6-22-15)12(8-17)14(21)20-16/h2-7H,9H2,1H3,(H,19,20,21). The monoisotopic (exact) mass is 340 g/mol. The average molecular weight is 340 g/mol. The van der Waals surface area contributed by atoms with Gasteiger partial charge in [0.1, 0.15) is 22.3 Å². The minimum Gasteiger partial charge on any atom is -0.300 e. The fourth-order valence-electron chi connectivity index (χ4n) is 2.07. The second kappa shape index (κ2) is 6.77. The van der Waals surface area contributed by atoms with Crippen molar-refractivity contribution in [1.29, 1.82) is 5.26 Å². The SMILES string of the molecule is Cc1cccc(CSc2nc(-c3nccs3)c(C#N)c(=O)[nH]2)c1. The molecule has 0 spiro atoms. The number of hydrogen-bond donors (Lipinski definition) is 1. The molecule has 23 heavy (non-hydrogen) atoms. The Morgan fingerprint density at radius 3 is 3.00 bits per heavy atom. The minimum absolute atomic E-state index is 0.000134. The zero-order valence-corrected chi connectivity index (χ0v) is 13.9. The van der Waals surface area contributed by atoms with Crippen LogP contribution in [-0.2, 0) is 5.75 Å². The molecule has 0 bridgehead atoms. The van der Waals surface area contributed by atoms with E-state index in [1.165, 1.54) is 28.7 Å². The molecule has 7 heteroatoms. The van der Waals surface area contributed by atoms with E-state index in [1.807, 2.05) is 31.2 Å². The van der Waals surface area contributed by atoms with Crippen molar-refractivity contribution in [2.24, 2.45) is 0 Å².